The van der Waals surface area contributed by atoms with Gasteiger partial charge in [0.1, 0.15) is 0 Å². The lowest BCUT2D eigenvalue weighted by atomic mass is 10.3. The fourth-order valence-electron chi connectivity index (χ4n) is 2.00. The average Bonchev–Trinajstić information content (AvgIpc) is 2.60. The highest BCUT2D eigenvalue weighted by atomic mass is 16.5. The summed E-state index contributed by atoms with van der Waals surface area (Å²) >= 11 is 0. The Morgan fingerprint density at radius 3 is 2.88 bits per heavy atom. The van der Waals surface area contributed by atoms with E-state index in [2.05, 4.69) is 16.7 Å². The molecule has 0 radical (unpaired) electrons. The van der Waals surface area contributed by atoms with Crippen LogP contribution in [0.25, 0.3) is 5.69 Å². The summed E-state index contributed by atoms with van der Waals surface area (Å²) in [5.41, 5.74) is 0.861. The van der Waals surface area contributed by atoms with Gasteiger partial charge >= 0.3 is 6.09 Å². The van der Waals surface area contributed by atoms with Gasteiger partial charge in [0.2, 0.25) is 5.88 Å². The third-order valence-corrected chi connectivity index (χ3v) is 3.08. The van der Waals surface area contributed by atoms with E-state index in [1.807, 2.05) is 37.3 Å². The van der Waals surface area contributed by atoms with E-state index in [0.29, 0.717) is 24.5 Å². The van der Waals surface area contributed by atoms with E-state index in [0.717, 1.165) is 18.5 Å². The normalized spacial score (nSPS) is 11.1. The fraction of sp³-hybridized carbons (Fsp3) is 0.278. The molecule has 1 amide bonds. The van der Waals surface area contributed by atoms with Gasteiger partial charge in [-0.05, 0) is 31.9 Å². The van der Waals surface area contributed by atoms with Crippen molar-refractivity contribution >= 4 is 6.09 Å². The molecule has 0 aliphatic rings. The Morgan fingerprint density at radius 2 is 2.17 bits per heavy atom. The summed E-state index contributed by atoms with van der Waals surface area (Å²) in [5, 5.41) is 4.70. The minimum absolute atomic E-state index is 0.316. The molecule has 6 nitrogen and oxygen atoms in total. The van der Waals surface area contributed by atoms with Gasteiger partial charge in [0.25, 0.3) is 0 Å². The van der Waals surface area contributed by atoms with Gasteiger partial charge in [0, 0.05) is 6.07 Å². The molecule has 0 saturated carbocycles. The molecule has 0 unspecified atom stereocenters. The van der Waals surface area contributed by atoms with Gasteiger partial charge in [-0.15, -0.1) is 6.58 Å². The molecule has 0 N–H and O–H groups in total. The van der Waals surface area contributed by atoms with Crippen molar-refractivity contribution in [2.45, 2.75) is 19.8 Å². The van der Waals surface area contributed by atoms with E-state index in [1.54, 1.807) is 16.8 Å². The lowest BCUT2D eigenvalue weighted by molar-refractivity contribution is 0.155. The summed E-state index contributed by atoms with van der Waals surface area (Å²) in [6.07, 6.45) is 4.17. The number of carbonyl (C=O) groups excluding carboxylic acids is 1. The second kappa shape index (κ2) is 9.29. The number of aromatic nitrogens is 2. The lowest BCUT2D eigenvalue weighted by Gasteiger charge is -2.11. The average molecular weight is 327 g/mol. The van der Waals surface area contributed by atoms with Crippen molar-refractivity contribution in [2.24, 2.45) is 4.99 Å². The quantitative estimate of drug-likeness (QED) is 0.578. The van der Waals surface area contributed by atoms with Crippen molar-refractivity contribution < 1.29 is 14.3 Å². The molecular formula is C18H21N3O3. The Labute approximate surface area is 141 Å². The number of benzene rings is 1. The van der Waals surface area contributed by atoms with Crippen molar-refractivity contribution in [2.75, 3.05) is 13.2 Å². The molecule has 0 aliphatic carbocycles. The van der Waals surface area contributed by atoms with Gasteiger partial charge in [-0.2, -0.15) is 10.1 Å². The van der Waals surface area contributed by atoms with Crippen LogP contribution in [0.15, 0.2) is 60.2 Å². The van der Waals surface area contributed by atoms with E-state index in [-0.39, 0.29) is 0 Å². The van der Waals surface area contributed by atoms with E-state index in [9.17, 15) is 4.79 Å². The van der Waals surface area contributed by atoms with Gasteiger partial charge in [0.05, 0.1) is 30.5 Å². The largest absolute Gasteiger partial charge is 0.478 e. The molecule has 2 aromatic rings. The van der Waals surface area contributed by atoms with E-state index >= 15 is 0 Å². The van der Waals surface area contributed by atoms with E-state index in [4.69, 9.17) is 9.47 Å². The molecule has 24 heavy (non-hydrogen) atoms. The Bertz CT molecular complexity index is 739. The first-order valence-corrected chi connectivity index (χ1v) is 7.84. The highest BCUT2D eigenvalue weighted by Crippen LogP contribution is 2.13. The third kappa shape index (κ3) is 5.08. The van der Waals surface area contributed by atoms with Crippen LogP contribution < -0.4 is 10.1 Å². The van der Waals surface area contributed by atoms with Gasteiger partial charge < -0.3 is 9.47 Å². The van der Waals surface area contributed by atoms with Crippen LogP contribution in [0.5, 0.6) is 5.88 Å². The molecule has 126 valence electrons. The minimum Gasteiger partial charge on any atom is -0.478 e. The van der Waals surface area contributed by atoms with Crippen molar-refractivity contribution in [1.29, 1.82) is 0 Å². The molecular weight excluding hydrogens is 306 g/mol. The second-order valence-corrected chi connectivity index (χ2v) is 4.89. The number of carbonyl (C=O) groups is 1. The lowest BCUT2D eigenvalue weighted by Crippen LogP contribution is -2.15. The number of rotatable bonds is 7. The van der Waals surface area contributed by atoms with Crippen molar-refractivity contribution in [3.05, 3.63) is 60.6 Å². The smallest absolute Gasteiger partial charge is 0.434 e. The number of unbranched alkanes of at least 4 members (excludes halogenated alkanes) is 1. The Morgan fingerprint density at radius 1 is 1.38 bits per heavy atom. The Hall–Kier alpha value is -2.89. The summed E-state index contributed by atoms with van der Waals surface area (Å²) in [7, 11) is 0. The van der Waals surface area contributed by atoms with Gasteiger partial charge in [-0.3, -0.25) is 0 Å². The van der Waals surface area contributed by atoms with Gasteiger partial charge in [0.15, 0.2) is 0 Å². The fourth-order valence-corrected chi connectivity index (χ4v) is 2.00. The number of allylic oxidation sites excluding steroid dienone is 1. The van der Waals surface area contributed by atoms with Gasteiger partial charge in [-0.25, -0.2) is 9.48 Å². The number of hydrogen-bond donors (Lipinski definition) is 0. The molecule has 6 heteroatoms. The molecule has 1 heterocycles. The van der Waals surface area contributed by atoms with E-state index in [1.165, 1.54) is 6.20 Å². The maximum Gasteiger partial charge on any atom is 0.434 e. The number of nitrogens with zero attached hydrogens (tertiary/aromatic N) is 3. The zero-order valence-corrected chi connectivity index (χ0v) is 13.7. The van der Waals surface area contributed by atoms with Crippen LogP contribution in [0.4, 0.5) is 4.79 Å². The molecule has 0 bridgehead atoms. The van der Waals surface area contributed by atoms with Crippen molar-refractivity contribution in [1.82, 2.24) is 9.78 Å². The molecule has 1 aromatic heterocycles. The number of ether oxygens (including phenoxy) is 2. The Balaban J connectivity index is 2.20. The first kappa shape index (κ1) is 17.5. The van der Waals surface area contributed by atoms with Crippen LogP contribution in [0.1, 0.15) is 19.8 Å². The molecule has 0 fully saturated rings. The minimum atomic E-state index is -0.638. The molecule has 0 spiro atoms. The second-order valence-electron chi connectivity index (χ2n) is 4.89. The number of para-hydroxylation sites is 1. The monoisotopic (exact) mass is 327 g/mol. The van der Waals surface area contributed by atoms with Gasteiger partial charge in [-0.1, -0.05) is 24.3 Å². The van der Waals surface area contributed by atoms with Crippen LogP contribution in [0, 0.1) is 0 Å². The van der Waals surface area contributed by atoms with Crippen molar-refractivity contribution in [3.8, 4) is 11.6 Å². The summed E-state index contributed by atoms with van der Waals surface area (Å²) in [6, 6.07) is 11.3. The predicted octanol–water partition coefficient (Wildman–Crippen LogP) is 3.27. The van der Waals surface area contributed by atoms with Crippen molar-refractivity contribution in [3.63, 3.8) is 0 Å². The maximum absolute atomic E-state index is 11.7. The predicted molar refractivity (Wildman–Crippen MR) is 91.1 cm³/mol. The zero-order chi connectivity index (χ0) is 17.2. The van der Waals surface area contributed by atoms with Crippen LogP contribution in [0.2, 0.25) is 0 Å². The summed E-state index contributed by atoms with van der Waals surface area (Å²) < 4.78 is 12.3. The van der Waals surface area contributed by atoms with E-state index < -0.39 is 6.09 Å². The number of hydrogen-bond acceptors (Lipinski definition) is 4. The number of amides is 1. The standard InChI is InChI=1S/C18H21N3O3/c1-3-5-9-12-24-18(22)20-15-13-17(23-4-2)21(19-14-15)16-10-7-6-8-11-16/h3,6-8,10-11,13-14H,1,4-5,9,12H2,2H3. The first-order chi connectivity index (χ1) is 11.7. The first-order valence-electron chi connectivity index (χ1n) is 7.84. The highest BCUT2D eigenvalue weighted by Gasteiger charge is 2.06. The van der Waals surface area contributed by atoms with Crippen LogP contribution in [0.3, 0.4) is 0 Å². The molecule has 0 aliphatic heterocycles. The zero-order valence-electron chi connectivity index (χ0n) is 13.7. The SMILES string of the molecule is C=CCCCOC(=O)N=c1cnn(-c2ccccc2)c(OCC)c1. The summed E-state index contributed by atoms with van der Waals surface area (Å²) in [6.45, 7) is 6.29. The van der Waals surface area contributed by atoms with Crippen LogP contribution in [-0.2, 0) is 4.74 Å². The maximum atomic E-state index is 11.7. The molecule has 2 rings (SSSR count). The van der Waals surface area contributed by atoms with Crippen LogP contribution >= 0.6 is 0 Å². The topological polar surface area (TPSA) is 65.7 Å². The third-order valence-electron chi connectivity index (χ3n) is 3.08. The Kier molecular flexibility index (Phi) is 6.76. The summed E-state index contributed by atoms with van der Waals surface area (Å²) in [4.78, 5) is 15.6. The molecule has 1 aromatic carbocycles. The highest BCUT2D eigenvalue weighted by molar-refractivity contribution is 5.68. The van der Waals surface area contributed by atoms with Crippen LogP contribution in [-0.4, -0.2) is 29.1 Å². The summed E-state index contributed by atoms with van der Waals surface area (Å²) in [5.74, 6) is 0.504. The molecule has 0 saturated heterocycles. The molecule has 0 atom stereocenters.